The quantitative estimate of drug-likeness (QED) is 0.776. The fourth-order valence-electron chi connectivity index (χ4n) is 2.15. The molecule has 2 aromatic heterocycles. The predicted octanol–water partition coefficient (Wildman–Crippen LogP) is 2.13. The molecule has 5 nitrogen and oxygen atoms in total. The molecule has 1 N–H and O–H groups in total. The number of sulfonamides is 1. The van der Waals surface area contributed by atoms with Gasteiger partial charge in [-0.25, -0.2) is 26.9 Å². The van der Waals surface area contributed by atoms with E-state index in [-0.39, 0.29) is 17.3 Å². The third-order valence-corrected chi connectivity index (χ3v) is 4.74. The lowest BCUT2D eigenvalue weighted by Crippen LogP contribution is -2.26. The lowest BCUT2D eigenvalue weighted by Gasteiger charge is -2.05. The summed E-state index contributed by atoms with van der Waals surface area (Å²) in [6.45, 7) is 0.131. The van der Waals surface area contributed by atoms with Crippen molar-refractivity contribution in [3.63, 3.8) is 0 Å². The van der Waals surface area contributed by atoms with Crippen LogP contribution in [0.2, 0.25) is 0 Å². The molecule has 0 aliphatic rings. The summed E-state index contributed by atoms with van der Waals surface area (Å²) in [7, 11) is -3.70. The first-order valence-corrected chi connectivity index (χ1v) is 8.31. The number of rotatable bonds is 5. The molecule has 0 amide bonds. The van der Waals surface area contributed by atoms with Gasteiger partial charge in [0.05, 0.1) is 10.6 Å². The first-order chi connectivity index (χ1) is 10.9. The number of hydrogen-bond acceptors (Lipinski definition) is 3. The van der Waals surface area contributed by atoms with Crippen LogP contribution in [0.5, 0.6) is 0 Å². The van der Waals surface area contributed by atoms with Crippen LogP contribution in [-0.4, -0.2) is 24.3 Å². The molecule has 8 heteroatoms. The number of benzene rings is 1. The van der Waals surface area contributed by atoms with Crippen molar-refractivity contribution in [1.82, 2.24) is 14.1 Å². The smallest absolute Gasteiger partial charge is 0.240 e. The number of pyridine rings is 1. The Balaban J connectivity index is 1.66. The van der Waals surface area contributed by atoms with Gasteiger partial charge in [0, 0.05) is 25.4 Å². The van der Waals surface area contributed by atoms with E-state index in [0.29, 0.717) is 17.8 Å². The van der Waals surface area contributed by atoms with Gasteiger partial charge >= 0.3 is 0 Å². The normalized spacial score (nSPS) is 11.9. The Bertz CT molecular complexity index is 937. The summed E-state index contributed by atoms with van der Waals surface area (Å²) in [5.41, 5.74) is 1.22. The maximum Gasteiger partial charge on any atom is 0.240 e. The molecule has 0 aliphatic heterocycles. The average Bonchev–Trinajstić information content (AvgIpc) is 2.89. The number of nitrogens with one attached hydrogen (secondary N) is 1. The van der Waals surface area contributed by atoms with Crippen molar-refractivity contribution in [3.05, 3.63) is 66.1 Å². The third kappa shape index (κ3) is 3.54. The highest BCUT2D eigenvalue weighted by Gasteiger charge is 2.13. The molecule has 3 aromatic rings. The molecule has 0 aliphatic carbocycles. The Kier molecular flexibility index (Phi) is 4.10. The Morgan fingerprint density at radius 1 is 1.00 bits per heavy atom. The summed E-state index contributed by atoms with van der Waals surface area (Å²) in [6.07, 6.45) is 3.29. The molecule has 120 valence electrons. The van der Waals surface area contributed by atoms with Crippen LogP contribution in [0.15, 0.2) is 53.7 Å². The van der Waals surface area contributed by atoms with Crippen LogP contribution in [0.1, 0.15) is 5.69 Å². The van der Waals surface area contributed by atoms with E-state index >= 15 is 0 Å². The highest BCUT2D eigenvalue weighted by molar-refractivity contribution is 7.89. The molecule has 0 unspecified atom stereocenters. The average molecular weight is 337 g/mol. The lowest BCUT2D eigenvalue weighted by atomic mass is 10.3. The minimum Gasteiger partial charge on any atom is -0.304 e. The summed E-state index contributed by atoms with van der Waals surface area (Å²) < 4.78 is 54.0. The Labute approximate surface area is 131 Å². The van der Waals surface area contributed by atoms with Crippen molar-refractivity contribution in [2.75, 3.05) is 6.54 Å². The van der Waals surface area contributed by atoms with Crippen LogP contribution in [-0.2, 0) is 16.4 Å². The molecule has 0 radical (unpaired) electrons. The summed E-state index contributed by atoms with van der Waals surface area (Å²) >= 11 is 0. The molecule has 3 rings (SSSR count). The number of fused-ring (bicyclic) bond motifs is 1. The van der Waals surface area contributed by atoms with Crippen molar-refractivity contribution in [2.45, 2.75) is 11.3 Å². The first-order valence-electron chi connectivity index (χ1n) is 6.82. The molecule has 0 fully saturated rings. The molecular weight excluding hydrogens is 324 g/mol. The monoisotopic (exact) mass is 337 g/mol. The zero-order valence-corrected chi connectivity index (χ0v) is 12.7. The number of halogens is 2. The van der Waals surface area contributed by atoms with E-state index in [1.54, 1.807) is 16.7 Å². The lowest BCUT2D eigenvalue weighted by molar-refractivity contribution is 0.580. The number of hydrogen-bond donors (Lipinski definition) is 1. The number of aromatic nitrogens is 2. The number of imidazole rings is 1. The van der Waals surface area contributed by atoms with E-state index in [4.69, 9.17) is 0 Å². The van der Waals surface area contributed by atoms with Gasteiger partial charge in [-0.05, 0) is 36.4 Å². The van der Waals surface area contributed by atoms with Crippen LogP contribution < -0.4 is 4.72 Å². The second kappa shape index (κ2) is 6.05. The van der Waals surface area contributed by atoms with Crippen molar-refractivity contribution < 1.29 is 17.2 Å². The summed E-state index contributed by atoms with van der Waals surface area (Å²) in [4.78, 5) is 4.27. The van der Waals surface area contributed by atoms with Crippen LogP contribution in [0.25, 0.3) is 5.65 Å². The van der Waals surface area contributed by atoms with Crippen LogP contribution in [0.3, 0.4) is 0 Å². The topological polar surface area (TPSA) is 63.5 Å². The molecule has 0 saturated carbocycles. The second-order valence-corrected chi connectivity index (χ2v) is 6.71. The van der Waals surface area contributed by atoms with Crippen molar-refractivity contribution in [3.8, 4) is 0 Å². The van der Waals surface area contributed by atoms with Crippen LogP contribution in [0, 0.1) is 11.6 Å². The predicted molar refractivity (Wildman–Crippen MR) is 80.4 cm³/mol. The largest absolute Gasteiger partial charge is 0.304 e. The van der Waals surface area contributed by atoms with Gasteiger partial charge in [-0.2, -0.15) is 0 Å². The van der Waals surface area contributed by atoms with Gasteiger partial charge in [0.2, 0.25) is 10.0 Å². The highest BCUT2D eigenvalue weighted by atomic mass is 32.2. The molecule has 2 heterocycles. The Morgan fingerprint density at radius 3 is 2.43 bits per heavy atom. The van der Waals surface area contributed by atoms with Crippen molar-refractivity contribution in [2.24, 2.45) is 0 Å². The van der Waals surface area contributed by atoms with Gasteiger partial charge < -0.3 is 4.40 Å². The molecule has 0 atom stereocenters. The minimum absolute atomic E-state index is 0.00373. The second-order valence-electron chi connectivity index (χ2n) is 4.95. The van der Waals surface area contributed by atoms with E-state index in [9.17, 15) is 17.2 Å². The standard InChI is InChI=1S/C15H13F2N3O2S/c16-11-1-4-14(5-2-11)23(21,22)18-8-7-13-10-20-9-12(17)3-6-15(20)19-13/h1-6,9-10,18H,7-8H2. The van der Waals surface area contributed by atoms with E-state index in [2.05, 4.69) is 9.71 Å². The molecule has 23 heavy (non-hydrogen) atoms. The van der Waals surface area contributed by atoms with Gasteiger partial charge in [-0.1, -0.05) is 0 Å². The van der Waals surface area contributed by atoms with Crippen molar-refractivity contribution >= 4 is 15.7 Å². The van der Waals surface area contributed by atoms with E-state index in [1.807, 2.05) is 0 Å². The van der Waals surface area contributed by atoms with E-state index in [0.717, 1.165) is 12.1 Å². The molecule has 0 spiro atoms. The van der Waals surface area contributed by atoms with Gasteiger partial charge in [0.25, 0.3) is 0 Å². The summed E-state index contributed by atoms with van der Waals surface area (Å²) in [6, 6.07) is 7.43. The van der Waals surface area contributed by atoms with Gasteiger partial charge in [-0.15, -0.1) is 0 Å². The zero-order chi connectivity index (χ0) is 16.4. The SMILES string of the molecule is O=S(=O)(NCCc1cn2cc(F)ccc2n1)c1ccc(F)cc1. The maximum absolute atomic E-state index is 13.1. The summed E-state index contributed by atoms with van der Waals surface area (Å²) in [5, 5.41) is 0. The molecule has 1 aromatic carbocycles. The highest BCUT2D eigenvalue weighted by Crippen LogP contribution is 2.10. The van der Waals surface area contributed by atoms with Crippen molar-refractivity contribution in [1.29, 1.82) is 0 Å². The first kappa shape index (κ1) is 15.6. The molecular formula is C15H13F2N3O2S. The Hall–Kier alpha value is -2.32. The van der Waals surface area contributed by atoms with Gasteiger partial charge in [-0.3, -0.25) is 0 Å². The molecule has 0 saturated heterocycles. The van der Waals surface area contributed by atoms with Gasteiger partial charge in [0.1, 0.15) is 17.3 Å². The van der Waals surface area contributed by atoms with Crippen LogP contribution >= 0.6 is 0 Å². The fraction of sp³-hybridized carbons (Fsp3) is 0.133. The van der Waals surface area contributed by atoms with E-state index in [1.165, 1.54) is 24.4 Å². The van der Waals surface area contributed by atoms with Crippen LogP contribution in [0.4, 0.5) is 8.78 Å². The van der Waals surface area contributed by atoms with E-state index < -0.39 is 15.8 Å². The zero-order valence-electron chi connectivity index (χ0n) is 11.9. The minimum atomic E-state index is -3.70. The fourth-order valence-corrected chi connectivity index (χ4v) is 3.18. The number of nitrogens with zero attached hydrogens (tertiary/aromatic N) is 2. The molecule has 0 bridgehead atoms. The summed E-state index contributed by atoms with van der Waals surface area (Å²) in [5.74, 6) is -0.876. The maximum atomic E-state index is 13.1. The Morgan fingerprint density at radius 2 is 1.70 bits per heavy atom. The third-order valence-electron chi connectivity index (χ3n) is 3.26. The van der Waals surface area contributed by atoms with Gasteiger partial charge in [0.15, 0.2) is 0 Å².